The van der Waals surface area contributed by atoms with Crippen LogP contribution in [0.1, 0.15) is 41.6 Å². The van der Waals surface area contributed by atoms with E-state index < -0.39 is 0 Å². The average Bonchev–Trinajstić information content (AvgIpc) is 2.95. The number of hydrogen-bond donors (Lipinski definition) is 2. The number of carbonyl (C=O) groups is 2. The van der Waals surface area contributed by atoms with Crippen LogP contribution in [0, 0.1) is 6.92 Å². The number of piperidine rings is 1. The molecule has 7 heteroatoms. The first-order chi connectivity index (χ1) is 13.6. The third kappa shape index (κ3) is 5.45. The van der Waals surface area contributed by atoms with Gasteiger partial charge in [0.05, 0.1) is 6.10 Å². The van der Waals surface area contributed by atoms with E-state index in [1.54, 1.807) is 19.2 Å². The van der Waals surface area contributed by atoms with Crippen LogP contribution in [0.15, 0.2) is 18.2 Å². The number of ether oxygens (including phenoxy) is 1. The zero-order valence-electron chi connectivity index (χ0n) is 17.0. The van der Waals surface area contributed by atoms with Crippen LogP contribution in [0.25, 0.3) is 0 Å². The van der Waals surface area contributed by atoms with Crippen molar-refractivity contribution in [3.8, 4) is 0 Å². The standard InChI is InChI=1S/C21H32N4O3/c1-16-7-8-17(20(26)22-2)13-19(16)23-21(27)25-11-6-12-28-18(15-25)14-24-9-4-3-5-10-24/h7-8,13,18H,3-6,9-12,14-15H2,1-2H3,(H,22,26)(H,23,27). The van der Waals surface area contributed by atoms with Crippen LogP contribution in [0.3, 0.4) is 0 Å². The Morgan fingerprint density at radius 2 is 1.93 bits per heavy atom. The Kier molecular flexibility index (Phi) is 7.28. The van der Waals surface area contributed by atoms with Crippen molar-refractivity contribution in [1.82, 2.24) is 15.1 Å². The molecule has 0 aromatic heterocycles. The molecule has 0 radical (unpaired) electrons. The molecule has 154 valence electrons. The molecular weight excluding hydrogens is 356 g/mol. The number of nitrogens with one attached hydrogen (secondary N) is 2. The summed E-state index contributed by atoms with van der Waals surface area (Å²) in [7, 11) is 1.60. The van der Waals surface area contributed by atoms with Crippen LogP contribution in [-0.2, 0) is 4.74 Å². The number of aryl methyl sites for hydroxylation is 1. The van der Waals surface area contributed by atoms with E-state index in [-0.39, 0.29) is 18.0 Å². The number of urea groups is 1. The Balaban J connectivity index is 1.63. The van der Waals surface area contributed by atoms with E-state index >= 15 is 0 Å². The van der Waals surface area contributed by atoms with Gasteiger partial charge in [-0.3, -0.25) is 4.79 Å². The van der Waals surface area contributed by atoms with E-state index in [0.29, 0.717) is 30.9 Å². The quantitative estimate of drug-likeness (QED) is 0.831. The Labute approximate surface area is 167 Å². The number of nitrogens with zero attached hydrogens (tertiary/aromatic N) is 2. The molecule has 3 amide bonds. The van der Waals surface area contributed by atoms with E-state index in [2.05, 4.69) is 15.5 Å². The fraction of sp³-hybridized carbons (Fsp3) is 0.619. The molecule has 2 heterocycles. The Hall–Kier alpha value is -2.12. The highest BCUT2D eigenvalue weighted by atomic mass is 16.5. The van der Waals surface area contributed by atoms with Crippen LogP contribution < -0.4 is 10.6 Å². The van der Waals surface area contributed by atoms with Gasteiger partial charge in [0.25, 0.3) is 5.91 Å². The minimum absolute atomic E-state index is 0.0460. The molecule has 0 spiro atoms. The lowest BCUT2D eigenvalue weighted by Gasteiger charge is -2.31. The number of benzene rings is 1. The number of anilines is 1. The Morgan fingerprint density at radius 3 is 2.68 bits per heavy atom. The number of rotatable bonds is 4. The maximum atomic E-state index is 12.9. The van der Waals surface area contributed by atoms with Crippen molar-refractivity contribution in [2.45, 2.75) is 38.7 Å². The number of likely N-dealkylation sites (tertiary alicyclic amines) is 1. The first-order valence-corrected chi connectivity index (χ1v) is 10.3. The summed E-state index contributed by atoms with van der Waals surface area (Å²) >= 11 is 0. The zero-order chi connectivity index (χ0) is 19.9. The number of amides is 3. The number of hydrogen-bond acceptors (Lipinski definition) is 4. The molecule has 3 rings (SSSR count). The molecule has 0 saturated carbocycles. The van der Waals surface area contributed by atoms with Gasteiger partial charge in [0.1, 0.15) is 0 Å². The minimum Gasteiger partial charge on any atom is -0.375 e. The first-order valence-electron chi connectivity index (χ1n) is 10.3. The smallest absolute Gasteiger partial charge is 0.321 e. The van der Waals surface area contributed by atoms with E-state index in [1.807, 2.05) is 17.9 Å². The summed E-state index contributed by atoms with van der Waals surface area (Å²) in [6, 6.07) is 5.21. The second kappa shape index (κ2) is 9.89. The summed E-state index contributed by atoms with van der Waals surface area (Å²) in [5.41, 5.74) is 2.13. The summed E-state index contributed by atoms with van der Waals surface area (Å²) < 4.78 is 6.01. The van der Waals surface area contributed by atoms with Crippen LogP contribution in [0.5, 0.6) is 0 Å². The predicted molar refractivity (Wildman–Crippen MR) is 110 cm³/mol. The third-order valence-corrected chi connectivity index (χ3v) is 5.52. The molecule has 2 N–H and O–H groups in total. The zero-order valence-corrected chi connectivity index (χ0v) is 17.0. The topological polar surface area (TPSA) is 73.9 Å². The predicted octanol–water partition coefficient (Wildman–Crippen LogP) is 2.46. The van der Waals surface area contributed by atoms with Gasteiger partial charge in [-0.1, -0.05) is 12.5 Å². The Morgan fingerprint density at radius 1 is 1.14 bits per heavy atom. The molecular formula is C21H32N4O3. The molecule has 1 atom stereocenters. The molecule has 1 aromatic carbocycles. The number of carbonyl (C=O) groups excluding carboxylic acids is 2. The van der Waals surface area contributed by atoms with E-state index in [4.69, 9.17) is 4.74 Å². The molecule has 0 bridgehead atoms. The van der Waals surface area contributed by atoms with Crippen LogP contribution in [0.2, 0.25) is 0 Å². The van der Waals surface area contributed by atoms with Gasteiger partial charge in [0.2, 0.25) is 0 Å². The maximum absolute atomic E-state index is 12.9. The summed E-state index contributed by atoms with van der Waals surface area (Å²) in [6.45, 7) is 7.01. The summed E-state index contributed by atoms with van der Waals surface area (Å²) in [4.78, 5) is 29.1. The fourth-order valence-corrected chi connectivity index (χ4v) is 3.86. The second-order valence-electron chi connectivity index (χ2n) is 7.69. The van der Waals surface area contributed by atoms with Crippen LogP contribution in [-0.4, -0.2) is 74.2 Å². The molecule has 2 aliphatic heterocycles. The van der Waals surface area contributed by atoms with Crippen molar-refractivity contribution in [2.75, 3.05) is 51.7 Å². The lowest BCUT2D eigenvalue weighted by Crippen LogP contribution is -2.45. The van der Waals surface area contributed by atoms with Gasteiger partial charge in [0, 0.05) is 44.5 Å². The van der Waals surface area contributed by atoms with Crippen molar-refractivity contribution in [3.63, 3.8) is 0 Å². The van der Waals surface area contributed by atoms with Gasteiger partial charge < -0.3 is 25.2 Å². The summed E-state index contributed by atoms with van der Waals surface area (Å²) in [5.74, 6) is -0.166. The minimum atomic E-state index is -0.166. The first kappa shape index (κ1) is 20.6. The molecule has 1 aromatic rings. The van der Waals surface area contributed by atoms with Gasteiger partial charge in [-0.05, 0) is 57.0 Å². The normalized spacial score (nSPS) is 21.1. The Bertz CT molecular complexity index is 688. The molecule has 2 aliphatic rings. The van der Waals surface area contributed by atoms with E-state index in [9.17, 15) is 9.59 Å². The highest BCUT2D eigenvalue weighted by Gasteiger charge is 2.25. The summed E-state index contributed by atoms with van der Waals surface area (Å²) in [6.07, 6.45) is 4.69. The molecule has 1 unspecified atom stereocenters. The van der Waals surface area contributed by atoms with Gasteiger partial charge in [0.15, 0.2) is 0 Å². The monoisotopic (exact) mass is 388 g/mol. The van der Waals surface area contributed by atoms with Gasteiger partial charge >= 0.3 is 6.03 Å². The molecule has 7 nitrogen and oxygen atoms in total. The highest BCUT2D eigenvalue weighted by Crippen LogP contribution is 2.19. The van der Waals surface area contributed by atoms with Crippen molar-refractivity contribution >= 4 is 17.6 Å². The van der Waals surface area contributed by atoms with Gasteiger partial charge in [-0.15, -0.1) is 0 Å². The third-order valence-electron chi connectivity index (χ3n) is 5.52. The summed E-state index contributed by atoms with van der Waals surface area (Å²) in [5, 5.41) is 5.60. The van der Waals surface area contributed by atoms with E-state index in [0.717, 1.165) is 31.6 Å². The lowest BCUT2D eigenvalue weighted by molar-refractivity contribution is 0.0261. The van der Waals surface area contributed by atoms with Gasteiger partial charge in [-0.2, -0.15) is 0 Å². The van der Waals surface area contributed by atoms with Crippen molar-refractivity contribution < 1.29 is 14.3 Å². The van der Waals surface area contributed by atoms with Crippen molar-refractivity contribution in [2.24, 2.45) is 0 Å². The molecule has 28 heavy (non-hydrogen) atoms. The molecule has 0 aliphatic carbocycles. The second-order valence-corrected chi connectivity index (χ2v) is 7.69. The van der Waals surface area contributed by atoms with Crippen molar-refractivity contribution in [3.05, 3.63) is 29.3 Å². The molecule has 2 fully saturated rings. The van der Waals surface area contributed by atoms with Crippen molar-refractivity contribution in [1.29, 1.82) is 0 Å². The van der Waals surface area contributed by atoms with Crippen LogP contribution >= 0.6 is 0 Å². The van der Waals surface area contributed by atoms with E-state index in [1.165, 1.54) is 19.3 Å². The maximum Gasteiger partial charge on any atom is 0.321 e. The lowest BCUT2D eigenvalue weighted by atomic mass is 10.1. The SMILES string of the molecule is CNC(=O)c1ccc(C)c(NC(=O)N2CCCOC(CN3CCCCC3)C2)c1. The fourth-order valence-electron chi connectivity index (χ4n) is 3.86. The largest absolute Gasteiger partial charge is 0.375 e. The highest BCUT2D eigenvalue weighted by molar-refractivity contribution is 5.97. The van der Waals surface area contributed by atoms with Gasteiger partial charge in [-0.25, -0.2) is 4.79 Å². The molecule has 2 saturated heterocycles. The average molecular weight is 389 g/mol. The van der Waals surface area contributed by atoms with Crippen LogP contribution in [0.4, 0.5) is 10.5 Å².